The molecule has 0 spiro atoms. The van der Waals surface area contributed by atoms with E-state index in [0.29, 0.717) is 37.2 Å². The molecule has 0 heterocycles. The SMILES string of the molecule is O=C(O)/C=C/c1ccc(OC(F)(F)c2ccc(OCCCCCF)cc2)cc1. The third kappa shape index (κ3) is 6.98. The smallest absolute Gasteiger partial charge is 0.426 e. The van der Waals surface area contributed by atoms with E-state index in [4.69, 9.17) is 14.6 Å². The summed E-state index contributed by atoms with van der Waals surface area (Å²) >= 11 is 0. The molecule has 0 aliphatic carbocycles. The van der Waals surface area contributed by atoms with Crippen molar-refractivity contribution in [1.82, 2.24) is 0 Å². The molecule has 0 aliphatic heterocycles. The highest BCUT2D eigenvalue weighted by atomic mass is 19.3. The fraction of sp³-hybridized carbons (Fsp3) is 0.286. The van der Waals surface area contributed by atoms with Crippen molar-refractivity contribution in [3.05, 3.63) is 65.7 Å². The number of rotatable bonds is 11. The molecule has 0 aromatic heterocycles. The number of carboxylic acid groups (broad SMARTS) is 1. The zero-order chi connectivity index (χ0) is 20.4. The van der Waals surface area contributed by atoms with E-state index in [2.05, 4.69) is 0 Å². The Kier molecular flexibility index (Phi) is 7.92. The lowest BCUT2D eigenvalue weighted by Gasteiger charge is -2.18. The van der Waals surface area contributed by atoms with Gasteiger partial charge in [-0.3, -0.25) is 4.39 Å². The molecule has 0 saturated carbocycles. The van der Waals surface area contributed by atoms with E-state index in [0.717, 1.165) is 6.08 Å². The van der Waals surface area contributed by atoms with Crippen molar-refractivity contribution in [3.63, 3.8) is 0 Å². The first-order chi connectivity index (χ1) is 13.4. The third-order valence-electron chi connectivity index (χ3n) is 3.78. The highest BCUT2D eigenvalue weighted by Gasteiger charge is 2.34. The highest BCUT2D eigenvalue weighted by Crippen LogP contribution is 2.32. The molecule has 0 fully saturated rings. The van der Waals surface area contributed by atoms with Gasteiger partial charge >= 0.3 is 12.1 Å². The number of carbonyl (C=O) groups is 1. The summed E-state index contributed by atoms with van der Waals surface area (Å²) in [5.74, 6) is -0.695. The molecule has 4 nitrogen and oxygen atoms in total. The van der Waals surface area contributed by atoms with Gasteiger partial charge in [0.05, 0.1) is 18.8 Å². The molecular weight excluding hydrogens is 373 g/mol. The van der Waals surface area contributed by atoms with Crippen LogP contribution in [-0.2, 0) is 10.9 Å². The van der Waals surface area contributed by atoms with E-state index in [1.807, 2.05) is 0 Å². The van der Waals surface area contributed by atoms with Crippen LogP contribution in [0, 0.1) is 0 Å². The maximum Gasteiger partial charge on any atom is 0.426 e. The van der Waals surface area contributed by atoms with Crippen LogP contribution < -0.4 is 9.47 Å². The van der Waals surface area contributed by atoms with Gasteiger partial charge in [0, 0.05) is 6.08 Å². The van der Waals surface area contributed by atoms with E-state index in [1.54, 1.807) is 0 Å². The van der Waals surface area contributed by atoms with Gasteiger partial charge in [-0.2, -0.15) is 8.78 Å². The van der Waals surface area contributed by atoms with Crippen molar-refractivity contribution in [3.8, 4) is 11.5 Å². The van der Waals surface area contributed by atoms with Crippen LogP contribution >= 0.6 is 0 Å². The van der Waals surface area contributed by atoms with E-state index in [-0.39, 0.29) is 18.0 Å². The van der Waals surface area contributed by atoms with Gasteiger partial charge in [-0.05, 0) is 67.3 Å². The molecule has 0 bridgehead atoms. The van der Waals surface area contributed by atoms with Gasteiger partial charge in [0.25, 0.3) is 0 Å². The number of benzene rings is 2. The molecule has 1 N–H and O–H groups in total. The van der Waals surface area contributed by atoms with Gasteiger partial charge in [0.1, 0.15) is 11.5 Å². The molecule has 0 unspecified atom stereocenters. The van der Waals surface area contributed by atoms with Crippen LogP contribution in [0.1, 0.15) is 30.4 Å². The number of alkyl halides is 3. The monoisotopic (exact) mass is 394 g/mol. The number of hydrogen-bond donors (Lipinski definition) is 1. The predicted octanol–water partition coefficient (Wildman–Crippen LogP) is 5.43. The molecule has 0 aliphatic rings. The Hall–Kier alpha value is -2.96. The Labute approximate surface area is 161 Å². The van der Waals surface area contributed by atoms with Crippen LogP contribution in [0.4, 0.5) is 13.2 Å². The molecule has 2 aromatic carbocycles. The second-order valence-corrected chi connectivity index (χ2v) is 5.98. The molecule has 2 aromatic rings. The van der Waals surface area contributed by atoms with E-state index >= 15 is 0 Å². The van der Waals surface area contributed by atoms with Crippen molar-refractivity contribution in [1.29, 1.82) is 0 Å². The van der Waals surface area contributed by atoms with Crippen molar-refractivity contribution in [2.24, 2.45) is 0 Å². The van der Waals surface area contributed by atoms with Crippen LogP contribution in [0.2, 0.25) is 0 Å². The summed E-state index contributed by atoms with van der Waals surface area (Å²) in [6, 6.07) is 10.9. The Morgan fingerprint density at radius 3 is 2.21 bits per heavy atom. The van der Waals surface area contributed by atoms with Gasteiger partial charge in [0.15, 0.2) is 0 Å². The first-order valence-corrected chi connectivity index (χ1v) is 8.78. The van der Waals surface area contributed by atoms with E-state index in [1.165, 1.54) is 54.6 Å². The maximum atomic E-state index is 14.3. The normalized spacial score (nSPS) is 11.5. The standard InChI is InChI=1S/C21H21F3O4/c22-14-2-1-3-15-27-18-11-7-17(8-12-18)21(23,24)28-19-9-4-16(5-10-19)6-13-20(25)26/h4-13H,1-3,14-15H2,(H,25,26)/b13-6+. The Morgan fingerprint density at radius 1 is 0.964 bits per heavy atom. The zero-order valence-electron chi connectivity index (χ0n) is 15.1. The molecule has 28 heavy (non-hydrogen) atoms. The molecular formula is C21H21F3O4. The second-order valence-electron chi connectivity index (χ2n) is 5.98. The van der Waals surface area contributed by atoms with Crippen LogP contribution in [0.5, 0.6) is 11.5 Å². The molecule has 7 heteroatoms. The highest BCUT2D eigenvalue weighted by molar-refractivity contribution is 5.85. The number of unbranched alkanes of at least 4 members (excludes halogenated alkanes) is 2. The molecule has 150 valence electrons. The van der Waals surface area contributed by atoms with E-state index in [9.17, 15) is 18.0 Å². The summed E-state index contributed by atoms with van der Waals surface area (Å²) in [6.45, 7) is 0.0421. The van der Waals surface area contributed by atoms with Gasteiger partial charge in [0.2, 0.25) is 0 Å². The molecule has 0 radical (unpaired) electrons. The Balaban J connectivity index is 1.93. The van der Waals surface area contributed by atoms with Crippen molar-refractivity contribution in [2.45, 2.75) is 25.4 Å². The summed E-state index contributed by atoms with van der Waals surface area (Å²) in [6.07, 6.45) is 0.657. The summed E-state index contributed by atoms with van der Waals surface area (Å²) in [5.41, 5.74) is 0.221. The lowest BCUT2D eigenvalue weighted by Crippen LogP contribution is -2.21. The average Bonchev–Trinajstić information content (AvgIpc) is 2.67. The number of carboxylic acids is 1. The second kappa shape index (κ2) is 10.4. The fourth-order valence-corrected chi connectivity index (χ4v) is 2.33. The van der Waals surface area contributed by atoms with Gasteiger partial charge in [-0.25, -0.2) is 4.79 Å². The number of hydrogen-bond acceptors (Lipinski definition) is 3. The molecule has 0 saturated heterocycles. The number of aliphatic carboxylic acids is 1. The van der Waals surface area contributed by atoms with Crippen LogP contribution in [0.15, 0.2) is 54.6 Å². The molecule has 0 amide bonds. The Bertz CT molecular complexity index is 771. The number of halogens is 3. The topological polar surface area (TPSA) is 55.8 Å². The lowest BCUT2D eigenvalue weighted by molar-refractivity contribution is -0.185. The largest absolute Gasteiger partial charge is 0.494 e. The summed E-state index contributed by atoms with van der Waals surface area (Å²) < 4.78 is 50.9. The van der Waals surface area contributed by atoms with E-state index < -0.39 is 12.1 Å². The quantitative estimate of drug-likeness (QED) is 0.408. The predicted molar refractivity (Wildman–Crippen MR) is 99.4 cm³/mol. The van der Waals surface area contributed by atoms with Crippen LogP contribution in [0.3, 0.4) is 0 Å². The minimum absolute atomic E-state index is 0.0503. The summed E-state index contributed by atoms with van der Waals surface area (Å²) in [5, 5.41) is 8.58. The van der Waals surface area contributed by atoms with Crippen molar-refractivity contribution < 1.29 is 32.5 Å². The zero-order valence-corrected chi connectivity index (χ0v) is 15.1. The van der Waals surface area contributed by atoms with Crippen LogP contribution in [-0.4, -0.2) is 24.4 Å². The van der Waals surface area contributed by atoms with Gasteiger partial charge in [-0.1, -0.05) is 12.1 Å². The van der Waals surface area contributed by atoms with Crippen molar-refractivity contribution in [2.75, 3.05) is 13.3 Å². The van der Waals surface area contributed by atoms with Crippen molar-refractivity contribution >= 4 is 12.0 Å². The first-order valence-electron chi connectivity index (χ1n) is 8.78. The average molecular weight is 394 g/mol. The number of ether oxygens (including phenoxy) is 2. The lowest BCUT2D eigenvalue weighted by atomic mass is 10.2. The Morgan fingerprint density at radius 2 is 1.61 bits per heavy atom. The minimum Gasteiger partial charge on any atom is -0.494 e. The first kappa shape index (κ1) is 21.3. The van der Waals surface area contributed by atoms with Gasteiger partial charge < -0.3 is 14.6 Å². The maximum absolute atomic E-state index is 14.3. The summed E-state index contributed by atoms with van der Waals surface area (Å²) in [4.78, 5) is 10.5. The fourth-order valence-electron chi connectivity index (χ4n) is 2.33. The van der Waals surface area contributed by atoms with Gasteiger partial charge in [-0.15, -0.1) is 0 Å². The molecule has 0 atom stereocenters. The van der Waals surface area contributed by atoms with Crippen LogP contribution in [0.25, 0.3) is 6.08 Å². The third-order valence-corrected chi connectivity index (χ3v) is 3.78. The minimum atomic E-state index is -3.54. The molecule has 2 rings (SSSR count). The summed E-state index contributed by atoms with van der Waals surface area (Å²) in [7, 11) is 0.